The minimum absolute atomic E-state index is 0.595. The van der Waals surface area contributed by atoms with E-state index in [1.165, 1.54) is 6.34 Å². The first-order chi connectivity index (χ1) is 11.2. The van der Waals surface area contributed by atoms with Crippen molar-refractivity contribution >= 4 is 17.7 Å². The highest BCUT2D eigenvalue weighted by Crippen LogP contribution is 2.37. The SMILES string of the molecule is COc1ccc(N(C=N)c2ccc(OC)c(OC)c2)cc1OC. The van der Waals surface area contributed by atoms with E-state index >= 15 is 0 Å². The first kappa shape index (κ1) is 16.5. The molecule has 0 amide bonds. The van der Waals surface area contributed by atoms with Crippen LogP contribution in [0.4, 0.5) is 11.4 Å². The van der Waals surface area contributed by atoms with Crippen LogP contribution in [-0.4, -0.2) is 34.8 Å². The number of rotatable bonds is 7. The number of methoxy groups -OCH3 is 4. The van der Waals surface area contributed by atoms with Gasteiger partial charge in [0.05, 0.1) is 46.2 Å². The second-order valence-corrected chi connectivity index (χ2v) is 4.58. The van der Waals surface area contributed by atoms with Gasteiger partial charge in [-0.2, -0.15) is 0 Å². The van der Waals surface area contributed by atoms with Crippen LogP contribution in [0.2, 0.25) is 0 Å². The van der Waals surface area contributed by atoms with Gasteiger partial charge in [-0.15, -0.1) is 0 Å². The van der Waals surface area contributed by atoms with Crippen molar-refractivity contribution in [3.8, 4) is 23.0 Å². The van der Waals surface area contributed by atoms with Crippen LogP contribution in [0, 0.1) is 5.41 Å². The highest BCUT2D eigenvalue weighted by molar-refractivity contribution is 5.89. The average molecular weight is 316 g/mol. The normalized spacial score (nSPS) is 9.91. The summed E-state index contributed by atoms with van der Waals surface area (Å²) in [5.41, 5.74) is 1.54. The molecule has 0 radical (unpaired) electrons. The molecule has 6 nitrogen and oxygen atoms in total. The molecular weight excluding hydrogens is 296 g/mol. The van der Waals surface area contributed by atoms with Crippen LogP contribution in [0.3, 0.4) is 0 Å². The second-order valence-electron chi connectivity index (χ2n) is 4.58. The summed E-state index contributed by atoms with van der Waals surface area (Å²) < 4.78 is 21.1. The molecule has 0 aliphatic carbocycles. The fourth-order valence-electron chi connectivity index (χ4n) is 2.25. The van der Waals surface area contributed by atoms with Gasteiger partial charge in [0.25, 0.3) is 0 Å². The van der Waals surface area contributed by atoms with Gasteiger partial charge in [0, 0.05) is 12.1 Å². The molecule has 0 saturated heterocycles. The molecule has 1 N–H and O–H groups in total. The largest absolute Gasteiger partial charge is 0.493 e. The predicted octanol–water partition coefficient (Wildman–Crippen LogP) is 3.47. The maximum atomic E-state index is 7.74. The molecule has 0 bridgehead atoms. The zero-order chi connectivity index (χ0) is 16.8. The van der Waals surface area contributed by atoms with E-state index in [2.05, 4.69) is 0 Å². The lowest BCUT2D eigenvalue weighted by molar-refractivity contribution is 0.355. The number of ether oxygens (including phenoxy) is 4. The number of anilines is 2. The van der Waals surface area contributed by atoms with Gasteiger partial charge in [-0.1, -0.05) is 0 Å². The van der Waals surface area contributed by atoms with E-state index < -0.39 is 0 Å². The monoisotopic (exact) mass is 316 g/mol. The van der Waals surface area contributed by atoms with Crippen LogP contribution in [0.5, 0.6) is 23.0 Å². The van der Waals surface area contributed by atoms with Gasteiger partial charge < -0.3 is 23.8 Å². The third-order valence-corrected chi connectivity index (χ3v) is 3.42. The summed E-state index contributed by atoms with van der Waals surface area (Å²) in [4.78, 5) is 1.70. The molecule has 0 spiro atoms. The van der Waals surface area contributed by atoms with Gasteiger partial charge in [0.15, 0.2) is 23.0 Å². The van der Waals surface area contributed by atoms with Crippen molar-refractivity contribution in [3.63, 3.8) is 0 Å². The van der Waals surface area contributed by atoms with Gasteiger partial charge in [-0.3, -0.25) is 5.41 Å². The lowest BCUT2D eigenvalue weighted by atomic mass is 10.2. The van der Waals surface area contributed by atoms with Crippen molar-refractivity contribution in [2.45, 2.75) is 0 Å². The molecule has 122 valence electrons. The number of nitrogens with one attached hydrogen (secondary N) is 1. The number of benzene rings is 2. The summed E-state index contributed by atoms with van der Waals surface area (Å²) in [6.07, 6.45) is 1.22. The molecule has 0 aliphatic rings. The number of hydrogen-bond donors (Lipinski definition) is 1. The van der Waals surface area contributed by atoms with E-state index in [0.29, 0.717) is 23.0 Å². The Labute approximate surface area is 135 Å². The fraction of sp³-hybridized carbons (Fsp3) is 0.235. The highest BCUT2D eigenvalue weighted by Gasteiger charge is 2.13. The summed E-state index contributed by atoms with van der Waals surface area (Å²) in [5.74, 6) is 2.46. The summed E-state index contributed by atoms with van der Waals surface area (Å²) >= 11 is 0. The Morgan fingerprint density at radius 3 is 1.39 bits per heavy atom. The first-order valence-corrected chi connectivity index (χ1v) is 6.92. The minimum atomic E-state index is 0.595. The van der Waals surface area contributed by atoms with Gasteiger partial charge in [0.2, 0.25) is 0 Å². The molecule has 6 heteroatoms. The topological polar surface area (TPSA) is 64.0 Å². The van der Waals surface area contributed by atoms with Crippen molar-refractivity contribution in [2.75, 3.05) is 33.3 Å². The Hall–Kier alpha value is -2.89. The molecule has 23 heavy (non-hydrogen) atoms. The van der Waals surface area contributed by atoms with Crippen LogP contribution in [-0.2, 0) is 0 Å². The molecule has 0 fully saturated rings. The highest BCUT2D eigenvalue weighted by atomic mass is 16.5. The van der Waals surface area contributed by atoms with Crippen LogP contribution >= 0.6 is 0 Å². The maximum absolute atomic E-state index is 7.74. The lowest BCUT2D eigenvalue weighted by Gasteiger charge is -2.21. The Morgan fingerprint density at radius 1 is 0.696 bits per heavy atom. The first-order valence-electron chi connectivity index (χ1n) is 6.92. The van der Waals surface area contributed by atoms with E-state index in [-0.39, 0.29) is 0 Å². The quantitative estimate of drug-likeness (QED) is 0.626. The molecule has 2 aromatic carbocycles. The summed E-state index contributed by atoms with van der Waals surface area (Å²) in [7, 11) is 6.32. The number of nitrogens with zero attached hydrogens (tertiary/aromatic N) is 1. The standard InChI is InChI=1S/C17H20N2O4/c1-20-14-7-5-12(9-16(14)22-3)19(11-18)13-6-8-15(21-2)17(10-13)23-4/h5-11,18H,1-4H3. The Bertz CT molecular complexity index is 633. The third kappa shape index (κ3) is 3.31. The van der Waals surface area contributed by atoms with Crippen molar-refractivity contribution in [3.05, 3.63) is 36.4 Å². The van der Waals surface area contributed by atoms with Gasteiger partial charge in [-0.25, -0.2) is 0 Å². The van der Waals surface area contributed by atoms with E-state index in [9.17, 15) is 0 Å². The Balaban J connectivity index is 2.45. The Morgan fingerprint density at radius 2 is 1.09 bits per heavy atom. The smallest absolute Gasteiger partial charge is 0.162 e. The predicted molar refractivity (Wildman–Crippen MR) is 90.0 cm³/mol. The van der Waals surface area contributed by atoms with E-state index in [1.807, 2.05) is 12.1 Å². The summed E-state index contributed by atoms with van der Waals surface area (Å²) in [6.45, 7) is 0. The zero-order valence-electron chi connectivity index (χ0n) is 13.6. The van der Waals surface area contributed by atoms with E-state index in [4.69, 9.17) is 24.4 Å². The van der Waals surface area contributed by atoms with Gasteiger partial charge in [-0.05, 0) is 24.3 Å². The van der Waals surface area contributed by atoms with Crippen molar-refractivity contribution in [1.29, 1.82) is 5.41 Å². The summed E-state index contributed by atoms with van der Waals surface area (Å²) in [6, 6.07) is 10.9. The molecular formula is C17H20N2O4. The second kappa shape index (κ2) is 7.40. The van der Waals surface area contributed by atoms with Gasteiger partial charge in [0.1, 0.15) is 0 Å². The molecule has 2 rings (SSSR count). The van der Waals surface area contributed by atoms with E-state index in [1.54, 1.807) is 57.6 Å². The van der Waals surface area contributed by atoms with E-state index in [0.717, 1.165) is 11.4 Å². The Kier molecular flexibility index (Phi) is 5.30. The van der Waals surface area contributed by atoms with Crippen LogP contribution in [0.15, 0.2) is 36.4 Å². The minimum Gasteiger partial charge on any atom is -0.493 e. The van der Waals surface area contributed by atoms with Crippen LogP contribution < -0.4 is 23.8 Å². The average Bonchev–Trinajstić information content (AvgIpc) is 2.61. The maximum Gasteiger partial charge on any atom is 0.162 e. The molecule has 0 aromatic heterocycles. The molecule has 0 unspecified atom stereocenters. The molecule has 0 saturated carbocycles. The van der Waals surface area contributed by atoms with Gasteiger partial charge >= 0.3 is 0 Å². The molecule has 2 aromatic rings. The van der Waals surface area contributed by atoms with Crippen molar-refractivity contribution in [1.82, 2.24) is 0 Å². The molecule has 0 atom stereocenters. The fourth-order valence-corrected chi connectivity index (χ4v) is 2.25. The molecule has 0 heterocycles. The third-order valence-electron chi connectivity index (χ3n) is 3.42. The van der Waals surface area contributed by atoms with Crippen LogP contribution in [0.25, 0.3) is 0 Å². The van der Waals surface area contributed by atoms with Crippen molar-refractivity contribution < 1.29 is 18.9 Å². The van der Waals surface area contributed by atoms with Crippen LogP contribution in [0.1, 0.15) is 0 Å². The zero-order valence-corrected chi connectivity index (χ0v) is 13.6. The summed E-state index contributed by atoms with van der Waals surface area (Å²) in [5, 5.41) is 7.74. The molecule has 0 aliphatic heterocycles. The lowest BCUT2D eigenvalue weighted by Crippen LogP contribution is -2.14. The number of hydrogen-bond acceptors (Lipinski definition) is 5. The van der Waals surface area contributed by atoms with Crippen molar-refractivity contribution in [2.24, 2.45) is 0 Å².